The van der Waals surface area contributed by atoms with E-state index in [1.807, 2.05) is 18.5 Å². The molecule has 0 radical (unpaired) electrons. The molecule has 26 heavy (non-hydrogen) atoms. The summed E-state index contributed by atoms with van der Waals surface area (Å²) in [6, 6.07) is 17.2. The van der Waals surface area contributed by atoms with Crippen molar-refractivity contribution in [2.45, 2.75) is 20.4 Å². The van der Waals surface area contributed by atoms with Crippen LogP contribution in [0.5, 0.6) is 0 Å². The van der Waals surface area contributed by atoms with Crippen LogP contribution in [0, 0.1) is 13.8 Å². The summed E-state index contributed by atoms with van der Waals surface area (Å²) in [5.74, 6) is 0. The van der Waals surface area contributed by atoms with Crippen LogP contribution in [0.3, 0.4) is 0 Å². The van der Waals surface area contributed by atoms with Crippen LogP contribution in [0.1, 0.15) is 22.4 Å². The third-order valence-corrected chi connectivity index (χ3v) is 5.13. The first kappa shape index (κ1) is 16.5. The third-order valence-electron chi connectivity index (χ3n) is 4.26. The van der Waals surface area contributed by atoms with Gasteiger partial charge in [0, 0.05) is 23.6 Å². The molecule has 0 atom stereocenters. The zero-order valence-corrected chi connectivity index (χ0v) is 15.6. The van der Waals surface area contributed by atoms with Crippen LogP contribution in [0.15, 0.2) is 65.2 Å². The second kappa shape index (κ2) is 7.14. The molecule has 0 saturated carbocycles. The van der Waals surface area contributed by atoms with Gasteiger partial charge in [-0.1, -0.05) is 42.0 Å². The highest BCUT2D eigenvalue weighted by Gasteiger charge is 2.03. The number of benzene rings is 2. The summed E-state index contributed by atoms with van der Waals surface area (Å²) in [6.45, 7) is 4.95. The fourth-order valence-corrected chi connectivity index (χ4v) is 3.51. The fourth-order valence-electron chi connectivity index (χ4n) is 2.88. The van der Waals surface area contributed by atoms with Crippen LogP contribution in [0.2, 0.25) is 0 Å². The highest BCUT2D eigenvalue weighted by atomic mass is 32.1. The summed E-state index contributed by atoms with van der Waals surface area (Å²) >= 11 is 1.55. The first-order chi connectivity index (χ1) is 12.7. The SMILES string of the molecule is Cc1ccc(Cn2ccc3ccc(C=NNc4nc(C)cs4)cc32)cc1. The van der Waals surface area contributed by atoms with Gasteiger partial charge < -0.3 is 4.57 Å². The van der Waals surface area contributed by atoms with E-state index in [9.17, 15) is 0 Å². The van der Waals surface area contributed by atoms with E-state index in [1.54, 1.807) is 11.3 Å². The Morgan fingerprint density at radius 3 is 2.73 bits per heavy atom. The molecule has 2 heterocycles. The highest BCUT2D eigenvalue weighted by molar-refractivity contribution is 7.13. The molecule has 4 aromatic rings. The van der Waals surface area contributed by atoms with Crippen LogP contribution in [0.4, 0.5) is 5.13 Å². The van der Waals surface area contributed by atoms with Gasteiger partial charge in [-0.15, -0.1) is 11.3 Å². The molecule has 0 aliphatic heterocycles. The smallest absolute Gasteiger partial charge is 0.203 e. The van der Waals surface area contributed by atoms with Gasteiger partial charge in [0.25, 0.3) is 0 Å². The molecule has 0 unspecified atom stereocenters. The van der Waals surface area contributed by atoms with Gasteiger partial charge in [-0.05, 0) is 42.5 Å². The Morgan fingerprint density at radius 1 is 1.12 bits per heavy atom. The number of nitrogens with one attached hydrogen (secondary N) is 1. The summed E-state index contributed by atoms with van der Waals surface area (Å²) in [7, 11) is 0. The van der Waals surface area contributed by atoms with Crippen molar-refractivity contribution in [3.8, 4) is 0 Å². The van der Waals surface area contributed by atoms with E-state index in [-0.39, 0.29) is 0 Å². The minimum atomic E-state index is 0.808. The maximum atomic E-state index is 4.34. The number of nitrogens with zero attached hydrogens (tertiary/aromatic N) is 3. The van der Waals surface area contributed by atoms with Crippen LogP contribution >= 0.6 is 11.3 Å². The van der Waals surface area contributed by atoms with E-state index in [0.717, 1.165) is 22.9 Å². The van der Waals surface area contributed by atoms with Crippen LogP contribution in [0.25, 0.3) is 10.9 Å². The minimum Gasteiger partial charge on any atom is -0.343 e. The molecule has 0 spiro atoms. The van der Waals surface area contributed by atoms with Crippen molar-refractivity contribution in [3.63, 3.8) is 0 Å². The standard InChI is InChI=1S/C21H20N4S/c1-15-3-5-17(6-4-15)13-25-10-9-19-8-7-18(11-20(19)25)12-22-24-21-23-16(2)14-26-21/h3-12,14H,13H2,1-2H3,(H,23,24). The molecule has 4 nitrogen and oxygen atoms in total. The van der Waals surface area contributed by atoms with Crippen molar-refractivity contribution < 1.29 is 0 Å². The first-order valence-corrected chi connectivity index (χ1v) is 9.41. The molecular formula is C21H20N4S. The Kier molecular flexibility index (Phi) is 4.54. The zero-order chi connectivity index (χ0) is 17.9. The second-order valence-electron chi connectivity index (χ2n) is 6.41. The number of hydrazone groups is 1. The van der Waals surface area contributed by atoms with E-state index in [2.05, 4.69) is 81.7 Å². The van der Waals surface area contributed by atoms with E-state index < -0.39 is 0 Å². The summed E-state index contributed by atoms with van der Waals surface area (Å²) in [6.07, 6.45) is 3.97. The van der Waals surface area contributed by atoms with Crippen LogP contribution in [-0.2, 0) is 6.54 Å². The van der Waals surface area contributed by atoms with Gasteiger partial charge in [-0.25, -0.2) is 4.98 Å². The van der Waals surface area contributed by atoms with Crippen molar-refractivity contribution >= 4 is 33.6 Å². The van der Waals surface area contributed by atoms with Crippen molar-refractivity contribution in [1.82, 2.24) is 9.55 Å². The molecule has 0 saturated heterocycles. The lowest BCUT2D eigenvalue weighted by Crippen LogP contribution is -1.98. The highest BCUT2D eigenvalue weighted by Crippen LogP contribution is 2.19. The average molecular weight is 360 g/mol. The summed E-state index contributed by atoms with van der Waals surface area (Å²) in [5, 5.41) is 8.35. The van der Waals surface area contributed by atoms with Gasteiger partial charge in [-0.3, -0.25) is 5.43 Å². The lowest BCUT2D eigenvalue weighted by Gasteiger charge is -2.07. The van der Waals surface area contributed by atoms with Crippen molar-refractivity contribution in [2.75, 3.05) is 5.43 Å². The molecule has 0 bridgehead atoms. The van der Waals surface area contributed by atoms with E-state index >= 15 is 0 Å². The van der Waals surface area contributed by atoms with Gasteiger partial charge in [0.05, 0.1) is 11.9 Å². The summed E-state index contributed by atoms with van der Waals surface area (Å²) < 4.78 is 2.27. The molecule has 5 heteroatoms. The lowest BCUT2D eigenvalue weighted by atomic mass is 10.1. The van der Waals surface area contributed by atoms with Gasteiger partial charge in [0.2, 0.25) is 5.13 Å². The maximum Gasteiger partial charge on any atom is 0.203 e. The molecule has 1 N–H and O–H groups in total. The summed E-state index contributed by atoms with van der Waals surface area (Å²) in [4.78, 5) is 4.34. The Balaban J connectivity index is 1.54. The molecule has 130 valence electrons. The predicted octanol–water partition coefficient (Wildman–Crippen LogP) is 5.21. The summed E-state index contributed by atoms with van der Waals surface area (Å²) in [5.41, 5.74) is 8.84. The number of rotatable bonds is 5. The molecule has 4 rings (SSSR count). The number of thiazole rings is 1. The molecule has 2 aromatic heterocycles. The van der Waals surface area contributed by atoms with E-state index in [0.29, 0.717) is 0 Å². The average Bonchev–Trinajstić information content (AvgIpc) is 3.23. The fraction of sp³-hybridized carbons (Fsp3) is 0.143. The second-order valence-corrected chi connectivity index (χ2v) is 7.27. The van der Waals surface area contributed by atoms with Crippen molar-refractivity contribution in [2.24, 2.45) is 5.10 Å². The molecule has 2 aromatic carbocycles. The normalized spacial score (nSPS) is 11.5. The molecule has 0 fully saturated rings. The molecule has 0 aliphatic rings. The van der Waals surface area contributed by atoms with Gasteiger partial charge >= 0.3 is 0 Å². The Hall–Kier alpha value is -2.92. The number of hydrogen-bond acceptors (Lipinski definition) is 4. The van der Waals surface area contributed by atoms with Gasteiger partial charge in [-0.2, -0.15) is 5.10 Å². The van der Waals surface area contributed by atoms with E-state index in [4.69, 9.17) is 0 Å². The van der Waals surface area contributed by atoms with Crippen LogP contribution < -0.4 is 5.43 Å². The number of aromatic nitrogens is 2. The lowest BCUT2D eigenvalue weighted by molar-refractivity contribution is 0.836. The maximum absolute atomic E-state index is 4.34. The molecule has 0 aliphatic carbocycles. The monoisotopic (exact) mass is 360 g/mol. The van der Waals surface area contributed by atoms with Gasteiger partial charge in [0.15, 0.2) is 0 Å². The predicted molar refractivity (Wildman–Crippen MR) is 110 cm³/mol. The molecule has 0 amide bonds. The first-order valence-electron chi connectivity index (χ1n) is 8.53. The topological polar surface area (TPSA) is 42.2 Å². The Morgan fingerprint density at radius 2 is 1.96 bits per heavy atom. The number of anilines is 1. The van der Waals surface area contributed by atoms with Crippen molar-refractivity contribution in [3.05, 3.63) is 82.5 Å². The molecular weight excluding hydrogens is 340 g/mol. The van der Waals surface area contributed by atoms with Crippen LogP contribution in [-0.4, -0.2) is 15.8 Å². The van der Waals surface area contributed by atoms with E-state index in [1.165, 1.54) is 22.0 Å². The number of fused-ring (bicyclic) bond motifs is 1. The quantitative estimate of drug-likeness (QED) is 0.392. The van der Waals surface area contributed by atoms with Crippen molar-refractivity contribution in [1.29, 1.82) is 0 Å². The zero-order valence-electron chi connectivity index (χ0n) is 14.8. The van der Waals surface area contributed by atoms with Gasteiger partial charge in [0.1, 0.15) is 0 Å². The Labute approximate surface area is 156 Å². The number of hydrogen-bond donors (Lipinski definition) is 1. The number of aryl methyl sites for hydroxylation is 2. The Bertz CT molecular complexity index is 1060. The third kappa shape index (κ3) is 3.68. The largest absolute Gasteiger partial charge is 0.343 e. The minimum absolute atomic E-state index is 0.808.